The number of aliphatic hydroxyl groups excluding tert-OH is 1. The minimum atomic E-state index is -1.69. The topological polar surface area (TPSA) is 102 Å². The van der Waals surface area contributed by atoms with Crippen LogP contribution in [0, 0.1) is 0 Å². The van der Waals surface area contributed by atoms with E-state index in [1.807, 2.05) is 0 Å². The fourth-order valence-electron chi connectivity index (χ4n) is 2.95. The van der Waals surface area contributed by atoms with Crippen LogP contribution >= 0.6 is 11.6 Å². The van der Waals surface area contributed by atoms with E-state index in [1.54, 1.807) is 30.3 Å². The molecule has 10 heteroatoms. The third-order valence-corrected chi connectivity index (χ3v) is 4.65. The van der Waals surface area contributed by atoms with Crippen LogP contribution in [0.15, 0.2) is 43.0 Å². The maximum atomic E-state index is 14.4. The fraction of sp³-hybridized carbons (Fsp3) is 0.294. The third kappa shape index (κ3) is 3.14. The van der Waals surface area contributed by atoms with Gasteiger partial charge in [0.05, 0.1) is 12.2 Å². The second kappa shape index (κ2) is 7.18. The number of alkyl halides is 2. The predicted octanol–water partition coefficient (Wildman–Crippen LogP) is 1.91. The van der Waals surface area contributed by atoms with Crippen LogP contribution in [-0.2, 0) is 4.74 Å². The quantitative estimate of drug-likeness (QED) is 0.659. The van der Waals surface area contributed by atoms with Crippen molar-refractivity contribution in [3.05, 3.63) is 48.5 Å². The molecule has 1 aliphatic heterocycles. The Morgan fingerprint density at radius 2 is 2.07 bits per heavy atom. The van der Waals surface area contributed by atoms with E-state index < -0.39 is 24.6 Å². The maximum absolute atomic E-state index is 14.4. The number of carbonyl (C=O) groups excluding carboxylic acids is 1. The van der Waals surface area contributed by atoms with Crippen LogP contribution in [0.1, 0.15) is 16.6 Å². The van der Waals surface area contributed by atoms with Crippen LogP contribution in [0.4, 0.5) is 10.2 Å². The largest absolute Gasteiger partial charge is 0.387 e. The molecule has 0 spiro atoms. The van der Waals surface area contributed by atoms with Gasteiger partial charge in [-0.25, -0.2) is 19.3 Å². The zero-order valence-electron chi connectivity index (χ0n) is 13.9. The summed E-state index contributed by atoms with van der Waals surface area (Å²) in [5, 5.41) is 12.6. The first-order valence-electron chi connectivity index (χ1n) is 8.17. The van der Waals surface area contributed by atoms with Crippen LogP contribution in [0.25, 0.3) is 11.2 Å². The summed E-state index contributed by atoms with van der Waals surface area (Å²) in [5.41, 5.74) is 1.00. The molecule has 2 N–H and O–H groups in total. The summed E-state index contributed by atoms with van der Waals surface area (Å²) in [7, 11) is 0. The average molecular weight is 392 g/mol. The molecule has 8 nitrogen and oxygen atoms in total. The zero-order valence-corrected chi connectivity index (χ0v) is 14.6. The van der Waals surface area contributed by atoms with Gasteiger partial charge >= 0.3 is 0 Å². The highest BCUT2D eigenvalue weighted by Crippen LogP contribution is 2.34. The molecule has 3 heterocycles. The number of imidazole rings is 1. The number of rotatable bonds is 4. The van der Waals surface area contributed by atoms with Crippen LogP contribution in [0.2, 0.25) is 0 Å². The van der Waals surface area contributed by atoms with Crippen LogP contribution in [-0.4, -0.2) is 54.8 Å². The molecule has 0 bridgehead atoms. The number of fused-ring (bicyclic) bond motifs is 1. The summed E-state index contributed by atoms with van der Waals surface area (Å²) < 4.78 is 21.3. The van der Waals surface area contributed by atoms with Crippen molar-refractivity contribution in [3.8, 4) is 0 Å². The Bertz CT molecular complexity index is 970. The first-order chi connectivity index (χ1) is 13.1. The van der Waals surface area contributed by atoms with Crippen molar-refractivity contribution >= 4 is 34.5 Å². The predicted molar refractivity (Wildman–Crippen MR) is 95.3 cm³/mol. The molecule has 1 aromatic carbocycles. The number of anilines is 1. The number of nitrogens with zero attached hydrogens (tertiary/aromatic N) is 4. The Kier molecular flexibility index (Phi) is 4.73. The summed E-state index contributed by atoms with van der Waals surface area (Å²) in [6.45, 7) is 0. The van der Waals surface area contributed by atoms with Gasteiger partial charge in [-0.1, -0.05) is 18.2 Å². The molecular formula is C17H15ClFN5O3. The van der Waals surface area contributed by atoms with Gasteiger partial charge in [-0.05, 0) is 12.1 Å². The maximum Gasteiger partial charge on any atom is 0.256 e. The van der Waals surface area contributed by atoms with E-state index >= 15 is 0 Å². The van der Waals surface area contributed by atoms with Gasteiger partial charge < -0.3 is 15.2 Å². The molecule has 1 saturated heterocycles. The smallest absolute Gasteiger partial charge is 0.256 e. The van der Waals surface area contributed by atoms with E-state index in [9.17, 15) is 14.3 Å². The summed E-state index contributed by atoms with van der Waals surface area (Å²) in [4.78, 5) is 24.7. The summed E-state index contributed by atoms with van der Waals surface area (Å²) in [5.74, 6) is -0.211. The van der Waals surface area contributed by atoms with Gasteiger partial charge in [0.1, 0.15) is 18.5 Å². The van der Waals surface area contributed by atoms with Crippen molar-refractivity contribution in [3.63, 3.8) is 0 Å². The molecule has 1 amide bonds. The molecule has 140 valence electrons. The number of amides is 1. The van der Waals surface area contributed by atoms with Crippen molar-refractivity contribution in [2.24, 2.45) is 0 Å². The van der Waals surface area contributed by atoms with Crippen molar-refractivity contribution in [1.29, 1.82) is 0 Å². The van der Waals surface area contributed by atoms with Gasteiger partial charge in [0.2, 0.25) is 0 Å². The molecule has 0 unspecified atom stereocenters. The van der Waals surface area contributed by atoms with Gasteiger partial charge in [0.25, 0.3) is 5.91 Å². The first kappa shape index (κ1) is 17.8. The van der Waals surface area contributed by atoms with E-state index in [1.165, 1.54) is 17.2 Å². The Balaban J connectivity index is 1.65. The lowest BCUT2D eigenvalue weighted by molar-refractivity contribution is -0.0122. The van der Waals surface area contributed by atoms with Gasteiger partial charge in [-0.15, -0.1) is 11.6 Å². The highest BCUT2D eigenvalue weighted by molar-refractivity contribution is 6.18. The van der Waals surface area contributed by atoms with Gasteiger partial charge in [-0.3, -0.25) is 9.36 Å². The molecule has 0 saturated carbocycles. The number of aromatic nitrogens is 4. The highest BCUT2D eigenvalue weighted by Gasteiger charge is 2.45. The molecule has 1 fully saturated rings. The van der Waals surface area contributed by atoms with Gasteiger partial charge in [-0.2, -0.15) is 0 Å². The van der Waals surface area contributed by atoms with Crippen LogP contribution < -0.4 is 5.32 Å². The highest BCUT2D eigenvalue weighted by atomic mass is 35.5. The molecule has 0 aliphatic carbocycles. The Labute approximate surface area is 158 Å². The standard InChI is InChI=1S/C17H15ClFN5O3/c18-6-10-13(25)11(19)17(27-10)24-8-22-12-14(20-7-21-15(12)24)23-16(26)9-4-2-1-3-5-9/h1-5,7-8,10-11,13,17,25H,6H2,(H,20,21,23,26)/t10-,11-,13-,17-/m1/s1. The number of benzene rings is 1. The van der Waals surface area contributed by atoms with Crippen LogP contribution in [0.3, 0.4) is 0 Å². The average Bonchev–Trinajstić information content (AvgIpc) is 3.25. The van der Waals surface area contributed by atoms with Gasteiger partial charge in [0.15, 0.2) is 29.4 Å². The lowest BCUT2D eigenvalue weighted by atomic mass is 10.2. The first-order valence-corrected chi connectivity index (χ1v) is 8.71. The molecule has 27 heavy (non-hydrogen) atoms. The Hall–Kier alpha value is -2.62. The number of aliphatic hydroxyl groups is 1. The lowest BCUT2D eigenvalue weighted by Gasteiger charge is -2.15. The Morgan fingerprint density at radius 1 is 1.30 bits per heavy atom. The number of carbonyl (C=O) groups is 1. The Morgan fingerprint density at radius 3 is 2.78 bits per heavy atom. The normalized spacial score (nSPS) is 25.0. The van der Waals surface area contributed by atoms with E-state index in [4.69, 9.17) is 16.3 Å². The molecule has 0 radical (unpaired) electrons. The van der Waals surface area contributed by atoms with Crippen LogP contribution in [0.5, 0.6) is 0 Å². The number of nitrogens with one attached hydrogen (secondary N) is 1. The van der Waals surface area contributed by atoms with Crippen molar-refractivity contribution in [1.82, 2.24) is 19.5 Å². The van der Waals surface area contributed by atoms with Gasteiger partial charge in [0, 0.05) is 5.56 Å². The monoisotopic (exact) mass is 391 g/mol. The second-order valence-corrected chi connectivity index (χ2v) is 6.33. The molecule has 1 aliphatic rings. The van der Waals surface area contributed by atoms with Crippen molar-refractivity contribution in [2.75, 3.05) is 11.2 Å². The number of ether oxygens (including phenoxy) is 1. The molecule has 2 aromatic heterocycles. The van der Waals surface area contributed by atoms with E-state index in [0.717, 1.165) is 0 Å². The minimum absolute atomic E-state index is 0.0436. The molecule has 3 aromatic rings. The minimum Gasteiger partial charge on any atom is -0.387 e. The molecular weight excluding hydrogens is 377 g/mol. The number of halogens is 2. The number of hydrogen-bond acceptors (Lipinski definition) is 6. The second-order valence-electron chi connectivity index (χ2n) is 6.02. The SMILES string of the molecule is O=C(Nc1ncnc2c1ncn2[C@@H]1O[C@H](CCl)[C@@H](O)[C@H]1F)c1ccccc1. The van der Waals surface area contributed by atoms with Crippen molar-refractivity contribution in [2.45, 2.75) is 24.6 Å². The zero-order chi connectivity index (χ0) is 19.0. The summed E-state index contributed by atoms with van der Waals surface area (Å²) >= 11 is 5.70. The molecule has 4 atom stereocenters. The van der Waals surface area contributed by atoms with E-state index in [-0.39, 0.29) is 28.8 Å². The molecule has 4 rings (SSSR count). The lowest BCUT2D eigenvalue weighted by Crippen LogP contribution is -2.29. The summed E-state index contributed by atoms with van der Waals surface area (Å²) in [6, 6.07) is 8.63. The van der Waals surface area contributed by atoms with E-state index in [2.05, 4.69) is 20.3 Å². The van der Waals surface area contributed by atoms with Crippen molar-refractivity contribution < 1.29 is 19.0 Å². The fourth-order valence-corrected chi connectivity index (χ4v) is 3.21. The number of hydrogen-bond donors (Lipinski definition) is 2. The third-order valence-electron chi connectivity index (χ3n) is 4.35. The summed E-state index contributed by atoms with van der Waals surface area (Å²) in [6.07, 6.45) is -2.42. The van der Waals surface area contributed by atoms with E-state index in [0.29, 0.717) is 5.56 Å².